The Balaban J connectivity index is 1.56. The molecule has 0 heterocycles. The van der Waals surface area contributed by atoms with E-state index in [1.165, 1.54) is 0 Å². The largest absolute Gasteiger partial charge is 0.279 e. The van der Waals surface area contributed by atoms with Gasteiger partial charge >= 0.3 is 0 Å². The zero-order valence-corrected chi connectivity index (χ0v) is 22.7. The lowest BCUT2D eigenvalue weighted by molar-refractivity contribution is 0.556. The summed E-state index contributed by atoms with van der Waals surface area (Å²) in [5.41, 5.74) is 4.68. The van der Waals surface area contributed by atoms with Crippen LogP contribution in [0.15, 0.2) is 94.7 Å². The Bertz CT molecular complexity index is 1680. The number of allylic oxidation sites excluding steroid dienone is 2. The van der Waals surface area contributed by atoms with Crippen LogP contribution in [0, 0.1) is 13.8 Å². The van der Waals surface area contributed by atoms with Crippen LogP contribution < -0.4 is 9.44 Å². The molecular weight excluding hydrogens is 516 g/mol. The number of rotatable bonds is 6. The summed E-state index contributed by atoms with van der Waals surface area (Å²) in [5.74, 6) is -0.0316. The molecule has 4 aromatic carbocycles. The average Bonchev–Trinajstić information content (AvgIpc) is 2.91. The number of sulfonamides is 2. The molecule has 2 bridgehead atoms. The second-order valence-electron chi connectivity index (χ2n) is 10.1. The highest BCUT2D eigenvalue weighted by Gasteiger charge is 2.37. The van der Waals surface area contributed by atoms with Crippen molar-refractivity contribution in [1.82, 2.24) is 0 Å². The second-order valence-corrected chi connectivity index (χ2v) is 13.5. The van der Waals surface area contributed by atoms with Crippen molar-refractivity contribution in [3.63, 3.8) is 0 Å². The molecule has 2 atom stereocenters. The molecule has 8 heteroatoms. The number of nitrogens with one attached hydrogen (secondary N) is 2. The summed E-state index contributed by atoms with van der Waals surface area (Å²) in [6.45, 7) is 3.82. The highest BCUT2D eigenvalue weighted by Crippen LogP contribution is 2.54. The Labute approximate surface area is 223 Å². The molecule has 194 valence electrons. The molecule has 0 aliphatic heterocycles. The van der Waals surface area contributed by atoms with Gasteiger partial charge in [-0.2, -0.15) is 0 Å². The second kappa shape index (κ2) is 8.99. The van der Waals surface area contributed by atoms with Crippen molar-refractivity contribution < 1.29 is 16.8 Å². The van der Waals surface area contributed by atoms with Gasteiger partial charge in [-0.15, -0.1) is 0 Å². The Kier molecular flexibility index (Phi) is 5.85. The van der Waals surface area contributed by atoms with Crippen LogP contribution in [0.5, 0.6) is 0 Å². The zero-order chi connectivity index (χ0) is 26.7. The molecule has 0 unspecified atom stereocenters. The average molecular weight is 545 g/mol. The summed E-state index contributed by atoms with van der Waals surface area (Å²) in [7, 11) is -7.76. The minimum Gasteiger partial charge on any atom is -0.279 e. The minimum absolute atomic E-state index is 0.0158. The van der Waals surface area contributed by atoms with E-state index < -0.39 is 20.0 Å². The highest BCUT2D eigenvalue weighted by molar-refractivity contribution is 7.93. The van der Waals surface area contributed by atoms with Crippen molar-refractivity contribution in [3.8, 4) is 0 Å². The first-order valence-corrected chi connectivity index (χ1v) is 15.6. The van der Waals surface area contributed by atoms with Crippen LogP contribution in [-0.4, -0.2) is 16.8 Å². The van der Waals surface area contributed by atoms with E-state index in [4.69, 9.17) is 0 Å². The Morgan fingerprint density at radius 3 is 1.29 bits per heavy atom. The van der Waals surface area contributed by atoms with Crippen LogP contribution in [0.4, 0.5) is 11.4 Å². The van der Waals surface area contributed by atoms with Gasteiger partial charge in [0.2, 0.25) is 0 Å². The third-order valence-electron chi connectivity index (χ3n) is 7.54. The lowest BCUT2D eigenvalue weighted by Crippen LogP contribution is -2.25. The third-order valence-corrected chi connectivity index (χ3v) is 10.3. The highest BCUT2D eigenvalue weighted by atomic mass is 32.2. The molecule has 38 heavy (non-hydrogen) atoms. The van der Waals surface area contributed by atoms with Crippen molar-refractivity contribution in [2.45, 2.75) is 48.3 Å². The van der Waals surface area contributed by atoms with Gasteiger partial charge in [0.1, 0.15) is 0 Å². The fourth-order valence-corrected chi connectivity index (χ4v) is 7.79. The molecule has 0 fully saturated rings. The fourth-order valence-electron chi connectivity index (χ4n) is 5.59. The zero-order valence-electron chi connectivity index (χ0n) is 21.1. The maximum absolute atomic E-state index is 13.5. The number of benzene rings is 4. The molecule has 0 radical (unpaired) electrons. The van der Waals surface area contributed by atoms with E-state index in [9.17, 15) is 16.8 Å². The first-order valence-electron chi connectivity index (χ1n) is 12.6. The molecule has 0 spiro atoms. The van der Waals surface area contributed by atoms with Crippen molar-refractivity contribution >= 4 is 42.2 Å². The third kappa shape index (κ3) is 4.18. The molecule has 0 saturated heterocycles. The van der Waals surface area contributed by atoms with Crippen molar-refractivity contribution in [1.29, 1.82) is 0 Å². The van der Waals surface area contributed by atoms with Crippen LogP contribution in [0.25, 0.3) is 10.8 Å². The number of hydrogen-bond donors (Lipinski definition) is 2. The van der Waals surface area contributed by atoms with Crippen LogP contribution in [0.1, 0.15) is 46.9 Å². The molecule has 7 rings (SSSR count). The molecule has 3 aliphatic carbocycles. The summed E-state index contributed by atoms with van der Waals surface area (Å²) >= 11 is 0. The topological polar surface area (TPSA) is 92.3 Å². The fraction of sp³-hybridized carbons (Fsp3) is 0.200. The summed E-state index contributed by atoms with van der Waals surface area (Å²) in [4.78, 5) is 0.364. The van der Waals surface area contributed by atoms with E-state index in [0.717, 1.165) is 35.1 Å². The Morgan fingerprint density at radius 2 is 0.947 bits per heavy atom. The van der Waals surface area contributed by atoms with E-state index in [1.54, 1.807) is 48.5 Å². The monoisotopic (exact) mass is 544 g/mol. The SMILES string of the molecule is Cc1ccc(S(=O)(=O)Nc2c3c(c(NS(=O)(=O)c4ccc(C)cc4)c4ccccc24)[C@@H]2C=C[C@@H]3CC2)cc1. The molecule has 2 N–H and O–H groups in total. The number of anilines is 2. The van der Waals surface area contributed by atoms with Gasteiger partial charge in [-0.25, -0.2) is 16.8 Å². The molecule has 6 nitrogen and oxygen atoms in total. The van der Waals surface area contributed by atoms with Gasteiger partial charge in [0.25, 0.3) is 20.0 Å². The van der Waals surface area contributed by atoms with E-state index in [1.807, 2.05) is 38.1 Å². The predicted octanol–water partition coefficient (Wildman–Crippen LogP) is 6.59. The molecule has 4 aromatic rings. The van der Waals surface area contributed by atoms with Gasteiger partial charge in [-0.1, -0.05) is 71.8 Å². The van der Waals surface area contributed by atoms with Gasteiger partial charge in [0.05, 0.1) is 21.2 Å². The summed E-state index contributed by atoms with van der Waals surface area (Å²) in [6, 6.07) is 20.9. The number of fused-ring (bicyclic) bond motifs is 2. The first-order chi connectivity index (χ1) is 18.1. The van der Waals surface area contributed by atoms with E-state index in [-0.39, 0.29) is 21.6 Å². The van der Waals surface area contributed by atoms with Gasteiger partial charge < -0.3 is 0 Å². The molecule has 0 aromatic heterocycles. The standard InChI is InChI=1S/C30H28N2O4S2/c1-19-7-15-23(16-8-19)37(33,34)31-29-25-5-3-4-6-26(25)30(28-22-13-11-21(12-14-22)27(28)29)32-38(35,36)24-17-9-20(2)10-18-24/h3-11,13,15-18,21-22,31-32H,12,14H2,1-2H3/t21-,22-/m1/s1. The smallest absolute Gasteiger partial charge is 0.261 e. The molecular formula is C30H28N2O4S2. The first kappa shape index (κ1) is 24.7. The Hall–Kier alpha value is -3.62. The molecule has 0 amide bonds. The van der Waals surface area contributed by atoms with Gasteiger partial charge in [0.15, 0.2) is 0 Å². The van der Waals surface area contributed by atoms with E-state index in [0.29, 0.717) is 22.1 Å². The normalized spacial score (nSPS) is 18.4. The Morgan fingerprint density at radius 1 is 0.579 bits per heavy atom. The molecule has 3 aliphatic rings. The summed E-state index contributed by atoms with van der Waals surface area (Å²) in [5, 5.41) is 1.31. The predicted molar refractivity (Wildman–Crippen MR) is 152 cm³/mol. The maximum atomic E-state index is 13.5. The van der Waals surface area contributed by atoms with E-state index in [2.05, 4.69) is 21.6 Å². The van der Waals surface area contributed by atoms with Gasteiger partial charge in [-0.05, 0) is 62.1 Å². The lowest BCUT2D eigenvalue weighted by atomic mass is 9.69. The van der Waals surface area contributed by atoms with E-state index >= 15 is 0 Å². The maximum Gasteiger partial charge on any atom is 0.261 e. The summed E-state index contributed by atoms with van der Waals surface area (Å²) < 4.78 is 59.9. The van der Waals surface area contributed by atoms with Crippen LogP contribution in [0.2, 0.25) is 0 Å². The van der Waals surface area contributed by atoms with Crippen LogP contribution in [0.3, 0.4) is 0 Å². The number of hydrogen-bond acceptors (Lipinski definition) is 4. The molecule has 0 saturated carbocycles. The van der Waals surface area contributed by atoms with Crippen LogP contribution in [-0.2, 0) is 20.0 Å². The van der Waals surface area contributed by atoms with Gasteiger partial charge in [0, 0.05) is 22.6 Å². The van der Waals surface area contributed by atoms with Gasteiger partial charge in [-0.3, -0.25) is 9.44 Å². The van der Waals surface area contributed by atoms with Crippen LogP contribution >= 0.6 is 0 Å². The lowest BCUT2D eigenvalue weighted by Gasteiger charge is -2.37. The van der Waals surface area contributed by atoms with Crippen molar-refractivity contribution in [2.75, 3.05) is 9.44 Å². The van der Waals surface area contributed by atoms with Crippen molar-refractivity contribution in [3.05, 3.63) is 107 Å². The minimum atomic E-state index is -3.88. The van der Waals surface area contributed by atoms with Crippen molar-refractivity contribution in [2.24, 2.45) is 0 Å². The summed E-state index contributed by atoms with van der Waals surface area (Å²) in [6.07, 6.45) is 5.98. The number of aryl methyl sites for hydroxylation is 2. The quantitative estimate of drug-likeness (QED) is 0.268.